The van der Waals surface area contributed by atoms with Crippen molar-refractivity contribution in [2.75, 3.05) is 23.9 Å². The van der Waals surface area contributed by atoms with Crippen molar-refractivity contribution in [2.24, 2.45) is 0 Å². The van der Waals surface area contributed by atoms with Crippen LogP contribution in [0.3, 0.4) is 0 Å². The van der Waals surface area contributed by atoms with Crippen LogP contribution in [0.2, 0.25) is 5.02 Å². The van der Waals surface area contributed by atoms with Gasteiger partial charge in [-0.15, -0.1) is 0 Å². The van der Waals surface area contributed by atoms with Crippen LogP contribution in [0.1, 0.15) is 40.3 Å². The molecule has 7 heteroatoms. The first-order chi connectivity index (χ1) is 17.3. The van der Waals surface area contributed by atoms with Gasteiger partial charge >= 0.3 is 0 Å². The van der Waals surface area contributed by atoms with Crippen LogP contribution in [0.15, 0.2) is 72.9 Å². The summed E-state index contributed by atoms with van der Waals surface area (Å²) in [5.41, 5.74) is 8.80. The lowest BCUT2D eigenvalue weighted by molar-refractivity contribution is 0.565. The van der Waals surface area contributed by atoms with Crippen LogP contribution < -0.4 is 15.1 Å². The molecule has 2 aromatic carbocycles. The highest BCUT2D eigenvalue weighted by molar-refractivity contribution is 7.80. The molecule has 5 nitrogen and oxygen atoms in total. The molecule has 0 unspecified atom stereocenters. The van der Waals surface area contributed by atoms with E-state index in [1.54, 1.807) is 0 Å². The van der Waals surface area contributed by atoms with E-state index in [0.29, 0.717) is 5.11 Å². The van der Waals surface area contributed by atoms with Crippen LogP contribution in [0.4, 0.5) is 11.4 Å². The second kappa shape index (κ2) is 9.60. The van der Waals surface area contributed by atoms with E-state index in [4.69, 9.17) is 28.8 Å². The van der Waals surface area contributed by atoms with Crippen molar-refractivity contribution in [2.45, 2.75) is 32.9 Å². The van der Waals surface area contributed by atoms with Crippen LogP contribution in [0.25, 0.3) is 5.69 Å². The Bertz CT molecular complexity index is 1410. The number of rotatable bonds is 5. The first-order valence-electron chi connectivity index (χ1n) is 12.0. The van der Waals surface area contributed by atoms with Crippen molar-refractivity contribution < 1.29 is 0 Å². The number of aryl methyl sites for hydroxylation is 1. The van der Waals surface area contributed by atoms with E-state index in [-0.39, 0.29) is 12.1 Å². The lowest BCUT2D eigenvalue weighted by Gasteiger charge is -2.28. The summed E-state index contributed by atoms with van der Waals surface area (Å²) in [5, 5.41) is 5.03. The van der Waals surface area contributed by atoms with E-state index in [9.17, 15) is 0 Å². The zero-order valence-electron chi connectivity index (χ0n) is 21.2. The Labute approximate surface area is 223 Å². The third-order valence-electron chi connectivity index (χ3n) is 7.01. The fourth-order valence-corrected chi connectivity index (χ4v) is 5.67. The van der Waals surface area contributed by atoms with Crippen molar-refractivity contribution in [3.63, 3.8) is 0 Å². The Morgan fingerprint density at radius 3 is 2.39 bits per heavy atom. The SMILES string of the molecule is Cc1c(Cl)cccc1-n1c(C)cc([C@@H]2[C@H](c3ccccn3)NC(=S)N2c2ccc(N(C)C)cc2)c1C. The molecule has 184 valence electrons. The maximum Gasteiger partial charge on any atom is 0.174 e. The minimum atomic E-state index is -0.0957. The average molecular weight is 516 g/mol. The van der Waals surface area contributed by atoms with Gasteiger partial charge in [0.15, 0.2) is 5.11 Å². The van der Waals surface area contributed by atoms with Crippen LogP contribution in [0, 0.1) is 20.8 Å². The van der Waals surface area contributed by atoms with Crippen molar-refractivity contribution in [3.05, 3.63) is 106 Å². The quantitative estimate of drug-likeness (QED) is 0.299. The summed E-state index contributed by atoms with van der Waals surface area (Å²) in [6.07, 6.45) is 1.84. The lowest BCUT2D eigenvalue weighted by Crippen LogP contribution is -2.29. The molecule has 36 heavy (non-hydrogen) atoms. The molecule has 2 aromatic heterocycles. The number of anilines is 2. The van der Waals surface area contributed by atoms with E-state index in [2.05, 4.69) is 82.9 Å². The van der Waals surface area contributed by atoms with Gasteiger partial charge < -0.3 is 19.7 Å². The number of pyridine rings is 1. The molecule has 2 atom stereocenters. The topological polar surface area (TPSA) is 36.3 Å². The Morgan fingerprint density at radius 2 is 1.72 bits per heavy atom. The summed E-state index contributed by atoms with van der Waals surface area (Å²) in [6, 6.07) is 22.7. The van der Waals surface area contributed by atoms with Crippen LogP contribution >= 0.6 is 23.8 Å². The van der Waals surface area contributed by atoms with Gasteiger partial charge in [-0.25, -0.2) is 0 Å². The Balaban J connectivity index is 1.68. The molecule has 0 bridgehead atoms. The normalized spacial score (nSPS) is 17.4. The Hall–Kier alpha value is -3.35. The molecule has 1 saturated heterocycles. The molecule has 1 aliphatic rings. The van der Waals surface area contributed by atoms with E-state index >= 15 is 0 Å². The summed E-state index contributed by atoms with van der Waals surface area (Å²) >= 11 is 12.4. The first-order valence-corrected chi connectivity index (χ1v) is 12.8. The number of halogens is 1. The summed E-state index contributed by atoms with van der Waals surface area (Å²) in [5.74, 6) is 0. The maximum absolute atomic E-state index is 6.50. The molecule has 3 heterocycles. The van der Waals surface area contributed by atoms with Gasteiger partial charge in [0.1, 0.15) is 0 Å². The number of nitrogens with one attached hydrogen (secondary N) is 1. The van der Waals surface area contributed by atoms with E-state index in [1.807, 2.05) is 44.6 Å². The van der Waals surface area contributed by atoms with Crippen LogP contribution in [0.5, 0.6) is 0 Å². The van der Waals surface area contributed by atoms with Crippen molar-refractivity contribution in [1.29, 1.82) is 0 Å². The molecule has 0 amide bonds. The molecular weight excluding hydrogens is 486 g/mol. The molecule has 1 aliphatic heterocycles. The molecular formula is C29H30ClN5S. The molecule has 4 aromatic rings. The zero-order valence-corrected chi connectivity index (χ0v) is 22.7. The van der Waals surface area contributed by atoms with Crippen molar-refractivity contribution >= 4 is 40.3 Å². The number of aromatic nitrogens is 2. The number of hydrogen-bond donors (Lipinski definition) is 1. The highest BCUT2D eigenvalue weighted by Crippen LogP contribution is 2.44. The van der Waals surface area contributed by atoms with E-state index in [1.165, 1.54) is 5.56 Å². The number of benzene rings is 2. The summed E-state index contributed by atoms with van der Waals surface area (Å²) in [6.45, 7) is 6.38. The molecule has 0 radical (unpaired) electrons. The van der Waals surface area contributed by atoms with Crippen LogP contribution in [-0.2, 0) is 0 Å². The van der Waals surface area contributed by atoms with Crippen LogP contribution in [-0.4, -0.2) is 28.8 Å². The van der Waals surface area contributed by atoms with Gasteiger partial charge in [-0.05, 0) is 98.7 Å². The number of thiocarbonyl (C=S) groups is 1. The van der Waals surface area contributed by atoms with Gasteiger partial charge in [0.25, 0.3) is 0 Å². The molecule has 5 rings (SSSR count). The lowest BCUT2D eigenvalue weighted by atomic mass is 9.96. The van der Waals surface area contributed by atoms with Gasteiger partial charge in [0, 0.05) is 53.8 Å². The first kappa shape index (κ1) is 24.3. The fourth-order valence-electron chi connectivity index (χ4n) is 5.16. The highest BCUT2D eigenvalue weighted by atomic mass is 35.5. The Kier molecular flexibility index (Phi) is 6.49. The van der Waals surface area contributed by atoms with Crippen molar-refractivity contribution in [1.82, 2.24) is 14.9 Å². The standard InChI is InChI=1S/C29H30ClN5S/c1-18-17-23(20(3)34(18)26-11-8-9-24(30)19(26)2)28-27(25-10-6-7-16-31-25)32-29(36)35(28)22-14-12-21(13-15-22)33(4)5/h6-17,27-28H,1-5H3,(H,32,36)/t27-,28+/m0/s1. The molecule has 1 fully saturated rings. The minimum absolute atomic E-state index is 0.0722. The Morgan fingerprint density at radius 1 is 0.972 bits per heavy atom. The van der Waals surface area contributed by atoms with E-state index < -0.39 is 0 Å². The predicted octanol–water partition coefficient (Wildman–Crippen LogP) is 6.69. The smallest absolute Gasteiger partial charge is 0.174 e. The maximum atomic E-state index is 6.50. The van der Waals surface area contributed by atoms with Gasteiger partial charge in [-0.2, -0.15) is 0 Å². The molecule has 0 aliphatic carbocycles. The van der Waals surface area contributed by atoms with Gasteiger partial charge in [-0.3, -0.25) is 4.98 Å². The summed E-state index contributed by atoms with van der Waals surface area (Å²) < 4.78 is 2.29. The second-order valence-electron chi connectivity index (χ2n) is 9.45. The molecule has 0 spiro atoms. The monoisotopic (exact) mass is 515 g/mol. The zero-order chi connectivity index (χ0) is 25.6. The summed E-state index contributed by atoms with van der Waals surface area (Å²) in [7, 11) is 4.09. The number of hydrogen-bond acceptors (Lipinski definition) is 3. The summed E-state index contributed by atoms with van der Waals surface area (Å²) in [4.78, 5) is 9.02. The van der Waals surface area contributed by atoms with Gasteiger partial charge in [0.05, 0.1) is 17.8 Å². The average Bonchev–Trinajstić information content (AvgIpc) is 3.36. The highest BCUT2D eigenvalue weighted by Gasteiger charge is 2.42. The third kappa shape index (κ3) is 4.14. The van der Waals surface area contributed by atoms with E-state index in [0.717, 1.165) is 44.7 Å². The predicted molar refractivity (Wildman–Crippen MR) is 154 cm³/mol. The molecule has 1 N–H and O–H groups in total. The largest absolute Gasteiger partial charge is 0.378 e. The second-order valence-corrected chi connectivity index (χ2v) is 10.2. The fraction of sp³-hybridized carbons (Fsp3) is 0.241. The minimum Gasteiger partial charge on any atom is -0.378 e. The van der Waals surface area contributed by atoms with Gasteiger partial charge in [0.2, 0.25) is 0 Å². The number of nitrogens with zero attached hydrogens (tertiary/aromatic N) is 4. The third-order valence-corrected chi connectivity index (χ3v) is 7.74. The van der Waals surface area contributed by atoms with Gasteiger partial charge in [-0.1, -0.05) is 23.7 Å². The molecule has 0 saturated carbocycles. The van der Waals surface area contributed by atoms with Crippen molar-refractivity contribution in [3.8, 4) is 5.69 Å².